The van der Waals surface area contributed by atoms with Crippen LogP contribution in [0.15, 0.2) is 24.3 Å². The van der Waals surface area contributed by atoms with Crippen LogP contribution in [0.4, 0.5) is 0 Å². The zero-order chi connectivity index (χ0) is 38.7. The Morgan fingerprint density at radius 1 is 0.509 bits per heavy atom. The molecule has 0 bridgehead atoms. The maximum absolute atomic E-state index is 12.4. The highest BCUT2D eigenvalue weighted by Gasteiger charge is 2.18. The molecule has 53 heavy (non-hydrogen) atoms. The molecule has 0 aromatic rings. The van der Waals surface area contributed by atoms with Crippen molar-refractivity contribution < 1.29 is 24.5 Å². The third kappa shape index (κ3) is 39.8. The van der Waals surface area contributed by atoms with Gasteiger partial charge in [-0.3, -0.25) is 9.59 Å². The standard InChI is InChI=1S/C47H89NO5/c1-3-5-7-9-11-13-15-17-19-23-27-31-35-39-45(50)44(43-49)48-46(51)40-36-32-28-24-20-18-22-26-30-34-38-42-53-47(52)41-37-33-29-25-21-16-14-12-10-8-6-4-2/h22,26,35,39,44-45,49-50H,3-21,23-25,27-34,36-38,40-43H2,1-2H3,(H,48,51)/b26-22-,39-35+. The monoisotopic (exact) mass is 748 g/mol. The molecule has 0 spiro atoms. The number of unbranched alkanes of at least 4 members (excludes halogenated alkanes) is 29. The van der Waals surface area contributed by atoms with Crippen LogP contribution >= 0.6 is 0 Å². The van der Waals surface area contributed by atoms with E-state index in [4.69, 9.17) is 4.74 Å². The molecule has 2 unspecified atom stereocenters. The molecule has 3 N–H and O–H groups in total. The summed E-state index contributed by atoms with van der Waals surface area (Å²) in [5, 5.41) is 22.9. The Kier molecular flexibility index (Phi) is 41.7. The molecule has 0 aliphatic heterocycles. The van der Waals surface area contributed by atoms with Crippen molar-refractivity contribution in [3.8, 4) is 0 Å². The van der Waals surface area contributed by atoms with Gasteiger partial charge in [-0.1, -0.05) is 192 Å². The number of rotatable bonds is 42. The summed E-state index contributed by atoms with van der Waals surface area (Å²) in [5.74, 6) is -0.131. The number of allylic oxidation sites excluding steroid dienone is 3. The number of nitrogens with one attached hydrogen (secondary N) is 1. The lowest BCUT2D eigenvalue weighted by Crippen LogP contribution is -2.45. The van der Waals surface area contributed by atoms with Crippen molar-refractivity contribution in [1.29, 1.82) is 0 Å². The van der Waals surface area contributed by atoms with Gasteiger partial charge in [0.15, 0.2) is 0 Å². The highest BCUT2D eigenvalue weighted by Crippen LogP contribution is 2.14. The van der Waals surface area contributed by atoms with Gasteiger partial charge in [0.25, 0.3) is 0 Å². The zero-order valence-electron chi connectivity index (χ0n) is 35.2. The molecule has 6 heteroatoms. The van der Waals surface area contributed by atoms with E-state index in [1.807, 2.05) is 6.08 Å². The molecule has 0 aromatic carbocycles. The molecule has 0 radical (unpaired) electrons. The normalized spacial score (nSPS) is 12.9. The smallest absolute Gasteiger partial charge is 0.305 e. The van der Waals surface area contributed by atoms with Crippen LogP contribution < -0.4 is 5.32 Å². The lowest BCUT2D eigenvalue weighted by molar-refractivity contribution is -0.143. The fourth-order valence-corrected chi connectivity index (χ4v) is 6.86. The number of carbonyl (C=O) groups excluding carboxylic acids is 2. The predicted octanol–water partition coefficient (Wildman–Crippen LogP) is 13.2. The first-order valence-corrected chi connectivity index (χ1v) is 23.1. The number of hydrogen-bond acceptors (Lipinski definition) is 5. The lowest BCUT2D eigenvalue weighted by atomic mass is 10.0. The van der Waals surface area contributed by atoms with Gasteiger partial charge in [0.2, 0.25) is 5.91 Å². The Morgan fingerprint density at radius 3 is 1.34 bits per heavy atom. The predicted molar refractivity (Wildman–Crippen MR) is 227 cm³/mol. The first-order chi connectivity index (χ1) is 26.0. The average Bonchev–Trinajstić information content (AvgIpc) is 3.16. The summed E-state index contributed by atoms with van der Waals surface area (Å²) in [4.78, 5) is 24.3. The molecular weight excluding hydrogens is 659 g/mol. The third-order valence-electron chi connectivity index (χ3n) is 10.5. The highest BCUT2D eigenvalue weighted by atomic mass is 16.5. The van der Waals surface area contributed by atoms with Crippen molar-refractivity contribution in [1.82, 2.24) is 5.32 Å². The van der Waals surface area contributed by atoms with Gasteiger partial charge < -0.3 is 20.3 Å². The molecule has 0 saturated heterocycles. The molecule has 0 heterocycles. The van der Waals surface area contributed by atoms with Crippen molar-refractivity contribution in [3.63, 3.8) is 0 Å². The average molecular weight is 748 g/mol. The first-order valence-electron chi connectivity index (χ1n) is 23.1. The zero-order valence-corrected chi connectivity index (χ0v) is 35.2. The topological polar surface area (TPSA) is 95.9 Å². The Bertz CT molecular complexity index is 828. The summed E-state index contributed by atoms with van der Waals surface area (Å²) < 4.78 is 5.41. The van der Waals surface area contributed by atoms with Gasteiger partial charge in [0.1, 0.15) is 0 Å². The van der Waals surface area contributed by atoms with E-state index in [1.165, 1.54) is 128 Å². The summed E-state index contributed by atoms with van der Waals surface area (Å²) in [6.45, 7) is 4.80. The van der Waals surface area contributed by atoms with Crippen LogP contribution in [0.2, 0.25) is 0 Å². The summed E-state index contributed by atoms with van der Waals surface area (Å²) in [6, 6.07) is -0.646. The molecule has 0 aliphatic carbocycles. The van der Waals surface area contributed by atoms with Crippen LogP contribution in [0, 0.1) is 0 Å². The SMILES string of the molecule is CCCCCCCCCCCCC/C=C/C(O)C(CO)NC(=O)CCCCCCC/C=C\CCCCOC(=O)CCCCCCCCCCCCCC. The lowest BCUT2D eigenvalue weighted by Gasteiger charge is -2.20. The third-order valence-corrected chi connectivity index (χ3v) is 10.5. The minimum atomic E-state index is -0.860. The number of aliphatic hydroxyl groups excluding tert-OH is 2. The second-order valence-corrected chi connectivity index (χ2v) is 15.7. The number of ether oxygens (including phenoxy) is 1. The van der Waals surface area contributed by atoms with Crippen molar-refractivity contribution >= 4 is 11.9 Å². The van der Waals surface area contributed by atoms with Crippen molar-refractivity contribution in [2.24, 2.45) is 0 Å². The van der Waals surface area contributed by atoms with Crippen LogP contribution in [0.3, 0.4) is 0 Å². The summed E-state index contributed by atoms with van der Waals surface area (Å²) in [6.07, 6.45) is 48.8. The van der Waals surface area contributed by atoms with Crippen LogP contribution in [0.25, 0.3) is 0 Å². The number of aliphatic hydroxyl groups is 2. The minimum Gasteiger partial charge on any atom is -0.466 e. The van der Waals surface area contributed by atoms with E-state index in [2.05, 4.69) is 31.3 Å². The fourth-order valence-electron chi connectivity index (χ4n) is 6.86. The van der Waals surface area contributed by atoms with Gasteiger partial charge in [0.05, 0.1) is 25.4 Å². The second-order valence-electron chi connectivity index (χ2n) is 15.7. The van der Waals surface area contributed by atoms with Crippen LogP contribution in [0.5, 0.6) is 0 Å². The summed E-state index contributed by atoms with van der Waals surface area (Å²) in [7, 11) is 0. The van der Waals surface area contributed by atoms with E-state index in [0.717, 1.165) is 83.5 Å². The van der Waals surface area contributed by atoms with E-state index in [1.54, 1.807) is 6.08 Å². The van der Waals surface area contributed by atoms with E-state index >= 15 is 0 Å². The Morgan fingerprint density at radius 2 is 0.887 bits per heavy atom. The molecule has 0 rings (SSSR count). The molecular formula is C47H89NO5. The maximum Gasteiger partial charge on any atom is 0.305 e. The molecule has 0 aromatic heterocycles. The van der Waals surface area contributed by atoms with Crippen molar-refractivity contribution in [2.75, 3.05) is 13.2 Å². The number of hydrogen-bond donors (Lipinski definition) is 3. The second kappa shape index (κ2) is 43.1. The van der Waals surface area contributed by atoms with Gasteiger partial charge in [0, 0.05) is 12.8 Å². The Hall–Kier alpha value is -1.66. The van der Waals surface area contributed by atoms with Crippen LogP contribution in [-0.4, -0.2) is 47.4 Å². The number of carbonyl (C=O) groups is 2. The maximum atomic E-state index is 12.4. The van der Waals surface area contributed by atoms with Gasteiger partial charge in [-0.05, 0) is 57.8 Å². The number of esters is 1. The Balaban J connectivity index is 3.57. The minimum absolute atomic E-state index is 0.0331. The molecule has 6 nitrogen and oxygen atoms in total. The van der Waals surface area contributed by atoms with E-state index in [9.17, 15) is 19.8 Å². The molecule has 312 valence electrons. The van der Waals surface area contributed by atoms with Gasteiger partial charge in [-0.2, -0.15) is 0 Å². The molecule has 1 amide bonds. The largest absolute Gasteiger partial charge is 0.466 e. The van der Waals surface area contributed by atoms with E-state index in [-0.39, 0.29) is 18.5 Å². The first kappa shape index (κ1) is 51.3. The van der Waals surface area contributed by atoms with Crippen LogP contribution in [-0.2, 0) is 14.3 Å². The molecule has 2 atom stereocenters. The van der Waals surface area contributed by atoms with Crippen molar-refractivity contribution in [2.45, 2.75) is 251 Å². The fraction of sp³-hybridized carbons (Fsp3) is 0.872. The van der Waals surface area contributed by atoms with Gasteiger partial charge in [-0.25, -0.2) is 0 Å². The molecule has 0 saturated carbocycles. The van der Waals surface area contributed by atoms with Crippen LogP contribution in [0.1, 0.15) is 239 Å². The van der Waals surface area contributed by atoms with Crippen molar-refractivity contribution in [3.05, 3.63) is 24.3 Å². The van der Waals surface area contributed by atoms with E-state index < -0.39 is 12.1 Å². The molecule has 0 aliphatic rings. The quantitative estimate of drug-likeness (QED) is 0.0328. The molecule has 0 fully saturated rings. The van der Waals surface area contributed by atoms with Gasteiger partial charge in [-0.15, -0.1) is 0 Å². The Labute approximate surface area is 329 Å². The highest BCUT2D eigenvalue weighted by molar-refractivity contribution is 5.76. The van der Waals surface area contributed by atoms with E-state index in [0.29, 0.717) is 19.4 Å². The summed E-state index contributed by atoms with van der Waals surface area (Å²) in [5.41, 5.74) is 0. The number of amides is 1. The van der Waals surface area contributed by atoms with Gasteiger partial charge >= 0.3 is 5.97 Å². The summed E-state index contributed by atoms with van der Waals surface area (Å²) >= 11 is 0.